The van der Waals surface area contributed by atoms with E-state index in [0.717, 1.165) is 51.4 Å². The van der Waals surface area contributed by atoms with E-state index >= 15 is 0 Å². The summed E-state index contributed by atoms with van der Waals surface area (Å²) in [5.41, 5.74) is 0. The fourth-order valence-corrected chi connectivity index (χ4v) is 6.37. The van der Waals surface area contributed by atoms with Crippen molar-refractivity contribution in [1.29, 1.82) is 0 Å². The first kappa shape index (κ1) is 50.8. The fraction of sp³-hybridized carbons (Fsp3) is 0.844. The maximum absolute atomic E-state index is 12.7. The van der Waals surface area contributed by atoms with E-state index in [1.165, 1.54) is 109 Å². The zero-order valence-corrected chi connectivity index (χ0v) is 35.2. The molecule has 0 aliphatic rings. The van der Waals surface area contributed by atoms with E-state index in [2.05, 4.69) is 38.2 Å². The number of aliphatic carboxylic acids is 1. The number of hydrogen-bond acceptors (Lipinski definition) is 6. The van der Waals surface area contributed by atoms with Crippen LogP contribution in [0, 0.1) is 0 Å². The number of hydrogen-bond donors (Lipinski definition) is 1. The van der Waals surface area contributed by atoms with E-state index in [9.17, 15) is 19.5 Å². The summed E-state index contributed by atoms with van der Waals surface area (Å²) >= 11 is 0. The van der Waals surface area contributed by atoms with Gasteiger partial charge in [0.15, 0.2) is 12.1 Å². The van der Waals surface area contributed by atoms with Crippen LogP contribution in [-0.4, -0.2) is 80.6 Å². The molecule has 0 aromatic heterocycles. The monoisotopic (exact) mass is 751 g/mol. The van der Waals surface area contributed by atoms with Crippen molar-refractivity contribution in [3.8, 4) is 0 Å². The van der Waals surface area contributed by atoms with Crippen LogP contribution in [0.15, 0.2) is 24.3 Å². The van der Waals surface area contributed by atoms with Crippen molar-refractivity contribution in [2.45, 2.75) is 206 Å². The number of quaternary nitrogens is 1. The van der Waals surface area contributed by atoms with E-state index in [0.29, 0.717) is 19.3 Å². The number of likely N-dealkylation sites (N-methyl/N-ethyl adjacent to an activating group) is 1. The summed E-state index contributed by atoms with van der Waals surface area (Å²) in [4.78, 5) is 36.9. The Balaban J connectivity index is 4.34. The molecule has 0 aliphatic heterocycles. The Morgan fingerprint density at radius 3 is 1.40 bits per heavy atom. The van der Waals surface area contributed by atoms with Crippen molar-refractivity contribution in [2.75, 3.05) is 41.0 Å². The van der Waals surface area contributed by atoms with Gasteiger partial charge in [0.2, 0.25) is 0 Å². The predicted molar refractivity (Wildman–Crippen MR) is 220 cm³/mol. The van der Waals surface area contributed by atoms with E-state index in [1.807, 2.05) is 21.1 Å². The lowest BCUT2D eigenvalue weighted by Gasteiger charge is -2.31. The van der Waals surface area contributed by atoms with Gasteiger partial charge in [0, 0.05) is 19.3 Å². The van der Waals surface area contributed by atoms with Gasteiger partial charge in [0.25, 0.3) is 0 Å². The van der Waals surface area contributed by atoms with Crippen LogP contribution in [0.4, 0.5) is 0 Å². The van der Waals surface area contributed by atoms with E-state index in [1.54, 1.807) is 0 Å². The number of carbonyl (C=O) groups excluding carboxylic acids is 2. The summed E-state index contributed by atoms with van der Waals surface area (Å²) in [5, 5.41) is 9.61. The van der Waals surface area contributed by atoms with Crippen molar-refractivity contribution in [2.24, 2.45) is 0 Å². The summed E-state index contributed by atoms with van der Waals surface area (Å²) in [6.07, 6.45) is 39.3. The molecule has 310 valence electrons. The quantitative estimate of drug-likeness (QED) is 0.0289. The summed E-state index contributed by atoms with van der Waals surface area (Å²) in [6.45, 7) is 4.70. The van der Waals surface area contributed by atoms with Crippen LogP contribution in [0.1, 0.15) is 194 Å². The third-order valence-corrected chi connectivity index (χ3v) is 9.82. The SMILES string of the molecule is CCCCC/C=C/CCCCCCCC(=O)OCC(COCCC(C(=O)O)[N+](C)(C)C)OC(=O)CCCCCCCCC/C=C/CCCCCCCC. The highest BCUT2D eigenvalue weighted by Crippen LogP contribution is 2.14. The van der Waals surface area contributed by atoms with Gasteiger partial charge in [-0.1, -0.05) is 134 Å². The molecule has 2 atom stereocenters. The summed E-state index contributed by atoms with van der Waals surface area (Å²) in [6, 6.07) is -0.614. The second kappa shape index (κ2) is 36.8. The lowest BCUT2D eigenvalue weighted by Crippen LogP contribution is -2.50. The number of allylic oxidation sites excluding steroid dienone is 4. The molecule has 0 saturated heterocycles. The molecular weight excluding hydrogens is 666 g/mol. The van der Waals surface area contributed by atoms with Gasteiger partial charge in [-0.25, -0.2) is 4.79 Å². The Kier molecular flexibility index (Phi) is 35.2. The lowest BCUT2D eigenvalue weighted by molar-refractivity contribution is -0.887. The van der Waals surface area contributed by atoms with E-state index in [-0.39, 0.29) is 36.2 Å². The molecule has 8 heteroatoms. The van der Waals surface area contributed by atoms with Gasteiger partial charge < -0.3 is 23.8 Å². The van der Waals surface area contributed by atoms with Crippen LogP contribution in [0.5, 0.6) is 0 Å². The molecule has 0 bridgehead atoms. The molecule has 0 amide bonds. The lowest BCUT2D eigenvalue weighted by atomic mass is 10.1. The Morgan fingerprint density at radius 1 is 0.547 bits per heavy atom. The zero-order chi connectivity index (χ0) is 39.3. The van der Waals surface area contributed by atoms with Gasteiger partial charge in [-0.2, -0.15) is 0 Å². The summed E-state index contributed by atoms with van der Waals surface area (Å²) in [5.74, 6) is -1.48. The predicted octanol–water partition coefficient (Wildman–Crippen LogP) is 11.7. The zero-order valence-electron chi connectivity index (χ0n) is 35.2. The largest absolute Gasteiger partial charge is 0.477 e. The minimum Gasteiger partial charge on any atom is -0.477 e. The van der Waals surface area contributed by atoms with E-state index in [4.69, 9.17) is 14.2 Å². The molecular formula is C45H84NO7+. The minimum atomic E-state index is -0.876. The molecule has 0 saturated carbocycles. The minimum absolute atomic E-state index is 0.0545. The van der Waals surface area contributed by atoms with Crippen LogP contribution in [0.25, 0.3) is 0 Å². The van der Waals surface area contributed by atoms with Gasteiger partial charge in [0.05, 0.1) is 34.4 Å². The molecule has 0 rings (SSSR count). The number of ether oxygens (including phenoxy) is 3. The molecule has 0 radical (unpaired) electrons. The molecule has 0 aliphatic carbocycles. The Labute approximate surface area is 326 Å². The Bertz CT molecular complexity index is 926. The van der Waals surface area contributed by atoms with Crippen molar-refractivity contribution >= 4 is 17.9 Å². The third kappa shape index (κ3) is 35.3. The maximum Gasteiger partial charge on any atom is 0.362 e. The van der Waals surface area contributed by atoms with Gasteiger partial charge in [-0.05, 0) is 64.2 Å². The number of unbranched alkanes of at least 4 members (excludes halogenated alkanes) is 21. The number of carboxylic acid groups (broad SMARTS) is 1. The van der Waals surface area contributed by atoms with E-state index < -0.39 is 18.1 Å². The molecule has 53 heavy (non-hydrogen) atoms. The highest BCUT2D eigenvalue weighted by Gasteiger charge is 2.31. The first-order chi connectivity index (χ1) is 25.6. The van der Waals surface area contributed by atoms with Crippen LogP contribution >= 0.6 is 0 Å². The van der Waals surface area contributed by atoms with Gasteiger partial charge >= 0.3 is 17.9 Å². The summed E-state index contributed by atoms with van der Waals surface area (Å²) in [7, 11) is 5.52. The summed E-state index contributed by atoms with van der Waals surface area (Å²) < 4.78 is 17.3. The van der Waals surface area contributed by atoms with Crippen molar-refractivity contribution < 1.29 is 38.2 Å². The number of esters is 2. The second-order valence-electron chi connectivity index (χ2n) is 15.9. The number of carboxylic acids is 1. The molecule has 0 aromatic carbocycles. The molecule has 0 fully saturated rings. The molecule has 0 aromatic rings. The standard InChI is InChI=1S/C45H83NO7/c1-6-8-10-12-14-16-18-20-21-22-23-24-26-28-30-32-34-36-44(48)53-41(39-51-38-37-42(45(49)50)46(3,4)5)40-52-43(47)35-33-31-29-27-25-19-17-15-13-11-9-7-2/h15,17,20-21,41-42H,6-14,16,18-19,22-40H2,1-5H3/p+1/b17-15+,21-20+. The first-order valence-corrected chi connectivity index (χ1v) is 21.9. The molecule has 2 unspecified atom stereocenters. The van der Waals surface area contributed by atoms with Crippen LogP contribution in [0.2, 0.25) is 0 Å². The molecule has 8 nitrogen and oxygen atoms in total. The van der Waals surface area contributed by atoms with Crippen LogP contribution in [-0.2, 0) is 28.6 Å². The average Bonchev–Trinajstić information content (AvgIpc) is 3.11. The highest BCUT2D eigenvalue weighted by atomic mass is 16.6. The van der Waals surface area contributed by atoms with Gasteiger partial charge in [-0.3, -0.25) is 9.59 Å². The van der Waals surface area contributed by atoms with Crippen molar-refractivity contribution in [3.63, 3.8) is 0 Å². The van der Waals surface area contributed by atoms with Gasteiger partial charge in [0.1, 0.15) is 6.61 Å². The average molecular weight is 751 g/mol. The van der Waals surface area contributed by atoms with Crippen molar-refractivity contribution in [3.05, 3.63) is 24.3 Å². The smallest absolute Gasteiger partial charge is 0.362 e. The van der Waals surface area contributed by atoms with Gasteiger partial charge in [-0.15, -0.1) is 0 Å². The topological polar surface area (TPSA) is 99.1 Å². The number of rotatable bonds is 39. The highest BCUT2D eigenvalue weighted by molar-refractivity contribution is 5.72. The second-order valence-corrected chi connectivity index (χ2v) is 15.9. The molecule has 1 N–H and O–H groups in total. The number of nitrogens with zero attached hydrogens (tertiary/aromatic N) is 1. The third-order valence-electron chi connectivity index (χ3n) is 9.82. The molecule has 0 spiro atoms. The maximum atomic E-state index is 12.7. The van der Waals surface area contributed by atoms with Crippen LogP contribution in [0.3, 0.4) is 0 Å². The first-order valence-electron chi connectivity index (χ1n) is 21.9. The van der Waals surface area contributed by atoms with Crippen molar-refractivity contribution in [1.82, 2.24) is 0 Å². The number of carbonyl (C=O) groups is 3. The normalized spacial score (nSPS) is 13.2. The van der Waals surface area contributed by atoms with Crippen LogP contribution < -0.4 is 0 Å². The Hall–Kier alpha value is -2.19. The Morgan fingerprint density at radius 2 is 0.943 bits per heavy atom. The fourth-order valence-electron chi connectivity index (χ4n) is 6.37. The molecule has 0 heterocycles.